The van der Waals surface area contributed by atoms with Gasteiger partial charge in [0.2, 0.25) is 27.7 Å². The molecule has 0 bridgehead atoms. The fourth-order valence-corrected chi connectivity index (χ4v) is 10.8. The second-order valence-corrected chi connectivity index (χ2v) is 19.3. The van der Waals surface area contributed by atoms with Gasteiger partial charge in [-0.15, -0.1) is 0 Å². The number of alkyl halides is 4. The Hall–Kier alpha value is -4.72. The molecule has 334 valence electrons. The lowest BCUT2D eigenvalue weighted by Crippen LogP contribution is -2.70. The van der Waals surface area contributed by atoms with Gasteiger partial charge in [-0.2, -0.15) is 13.2 Å². The van der Waals surface area contributed by atoms with E-state index >= 15 is 18.0 Å². The number of fused-ring (bicyclic) bond motifs is 3. The van der Waals surface area contributed by atoms with E-state index in [0.29, 0.717) is 29.4 Å². The van der Waals surface area contributed by atoms with Crippen LogP contribution >= 0.6 is 0 Å². The van der Waals surface area contributed by atoms with Crippen molar-refractivity contribution in [2.24, 2.45) is 17.8 Å². The highest BCUT2D eigenvalue weighted by molar-refractivity contribution is 7.91. The van der Waals surface area contributed by atoms with Gasteiger partial charge in [-0.1, -0.05) is 44.2 Å². The van der Waals surface area contributed by atoms with Crippen LogP contribution in [0.3, 0.4) is 0 Å². The number of carbonyl (C=O) groups excluding carboxylic acids is 3. The van der Waals surface area contributed by atoms with E-state index < -0.39 is 125 Å². The molecule has 7 rings (SSSR count). The summed E-state index contributed by atoms with van der Waals surface area (Å²) >= 11 is 0. The standard InChI is InChI=1S/C41H51F4N5O10S/c1-24-8-4-5-9-26-20-40(26,36(53)48-61(56,57)38(23-42)12-13-38)47-33(51)30-19-27(60-34-29-11-7-6-10-28(29)31(58-3)21-46-34)22-49(30)35(52)32(25(2)18-24)50(37(54)55)39(41(43,44)45)14-16-59-17-15-39/h5-7,9-11,21,24-27,30,32H,4,8,12-20,22-23H2,1-3H3,(H,47,51)(H,48,53)(H,54,55)/b9-5-/t24-,25+,26+,27+,30-,32-,40+/m0/s1. The summed E-state index contributed by atoms with van der Waals surface area (Å²) in [5.74, 6) is -4.52. The van der Waals surface area contributed by atoms with Crippen molar-refractivity contribution in [3.8, 4) is 11.6 Å². The average Bonchev–Trinajstić information content (AvgIpc) is 4.12. The maximum Gasteiger partial charge on any atom is 0.412 e. The number of allylic oxidation sites excluding steroid dienone is 1. The highest BCUT2D eigenvalue weighted by Gasteiger charge is 2.66. The Morgan fingerprint density at radius 1 is 1.10 bits per heavy atom. The van der Waals surface area contributed by atoms with Crippen molar-refractivity contribution in [2.45, 2.75) is 112 Å². The van der Waals surface area contributed by atoms with Crippen molar-refractivity contribution in [3.63, 3.8) is 0 Å². The Kier molecular flexibility index (Phi) is 12.0. The maximum absolute atomic E-state index is 15.4. The molecule has 0 unspecified atom stereocenters. The number of hydrogen-bond donors (Lipinski definition) is 3. The number of methoxy groups -OCH3 is 1. The molecule has 15 nitrogen and oxygen atoms in total. The smallest absolute Gasteiger partial charge is 0.412 e. The van der Waals surface area contributed by atoms with E-state index in [1.165, 1.54) is 20.2 Å². The molecule has 2 aliphatic carbocycles. The molecule has 1 aromatic carbocycles. The summed E-state index contributed by atoms with van der Waals surface area (Å²) in [6.45, 7) is 0.914. The molecular formula is C41H51F4N5O10S. The van der Waals surface area contributed by atoms with Gasteiger partial charge in [0, 0.05) is 49.2 Å². The number of carboxylic acid groups (broad SMARTS) is 1. The Morgan fingerprint density at radius 3 is 2.41 bits per heavy atom. The Morgan fingerprint density at radius 2 is 1.79 bits per heavy atom. The van der Waals surface area contributed by atoms with E-state index in [1.54, 1.807) is 36.4 Å². The van der Waals surface area contributed by atoms with E-state index in [1.807, 2.05) is 11.6 Å². The summed E-state index contributed by atoms with van der Waals surface area (Å²) < 4.78 is 104. The summed E-state index contributed by atoms with van der Waals surface area (Å²) in [5, 5.41) is 14.6. The number of nitrogens with one attached hydrogen (secondary N) is 2. The lowest BCUT2D eigenvalue weighted by molar-refractivity contribution is -0.253. The van der Waals surface area contributed by atoms with E-state index in [2.05, 4.69) is 10.3 Å². The van der Waals surface area contributed by atoms with Crippen LogP contribution in [0.15, 0.2) is 42.6 Å². The topological polar surface area (TPSA) is 194 Å². The van der Waals surface area contributed by atoms with Gasteiger partial charge < -0.3 is 29.5 Å². The molecule has 4 fully saturated rings. The first-order chi connectivity index (χ1) is 28.8. The molecule has 7 atom stereocenters. The van der Waals surface area contributed by atoms with Gasteiger partial charge in [0.15, 0.2) is 0 Å². The van der Waals surface area contributed by atoms with Crippen LogP contribution in [0.2, 0.25) is 0 Å². The van der Waals surface area contributed by atoms with Crippen LogP contribution in [0.25, 0.3) is 10.8 Å². The van der Waals surface area contributed by atoms with Crippen molar-refractivity contribution in [3.05, 3.63) is 42.6 Å². The van der Waals surface area contributed by atoms with Gasteiger partial charge in [-0.3, -0.25) is 24.0 Å². The highest BCUT2D eigenvalue weighted by Crippen LogP contribution is 2.49. The van der Waals surface area contributed by atoms with Gasteiger partial charge in [-0.25, -0.2) is 22.6 Å². The molecule has 3 aliphatic heterocycles. The van der Waals surface area contributed by atoms with E-state index in [4.69, 9.17) is 14.2 Å². The monoisotopic (exact) mass is 881 g/mol. The zero-order valence-electron chi connectivity index (χ0n) is 34.1. The zero-order valence-corrected chi connectivity index (χ0v) is 34.9. The number of sulfonamides is 1. The first-order valence-electron chi connectivity index (χ1n) is 20.5. The molecule has 4 heterocycles. The molecule has 1 aromatic heterocycles. The molecule has 2 saturated carbocycles. The number of benzene rings is 1. The van der Waals surface area contributed by atoms with Crippen molar-refractivity contribution in [2.75, 3.05) is 33.5 Å². The van der Waals surface area contributed by atoms with Crippen LogP contribution < -0.4 is 19.5 Å². The molecule has 2 saturated heterocycles. The molecule has 3 N–H and O–H groups in total. The van der Waals surface area contributed by atoms with Crippen LogP contribution in [-0.2, 0) is 29.1 Å². The van der Waals surface area contributed by atoms with Crippen molar-refractivity contribution in [1.29, 1.82) is 0 Å². The minimum Gasteiger partial charge on any atom is -0.494 e. The number of aromatic nitrogens is 1. The molecule has 5 aliphatic rings. The van der Waals surface area contributed by atoms with Crippen LogP contribution in [0.1, 0.15) is 71.6 Å². The number of ether oxygens (including phenoxy) is 3. The molecule has 0 spiro atoms. The highest BCUT2D eigenvalue weighted by atomic mass is 32.2. The summed E-state index contributed by atoms with van der Waals surface area (Å²) in [6, 6.07) is 3.50. The van der Waals surface area contributed by atoms with Gasteiger partial charge in [0.05, 0.1) is 19.9 Å². The number of amides is 4. The average molecular weight is 882 g/mol. The molecular weight excluding hydrogens is 831 g/mol. The lowest BCUT2D eigenvalue weighted by Gasteiger charge is -2.50. The Labute approximate surface area is 350 Å². The zero-order chi connectivity index (χ0) is 44.1. The minimum absolute atomic E-state index is 0.00145. The second-order valence-electron chi connectivity index (χ2n) is 17.2. The first kappa shape index (κ1) is 44.3. The van der Waals surface area contributed by atoms with E-state index in [-0.39, 0.29) is 48.8 Å². The van der Waals surface area contributed by atoms with Gasteiger partial charge in [0.1, 0.15) is 46.4 Å². The molecule has 2 aromatic rings. The van der Waals surface area contributed by atoms with Crippen molar-refractivity contribution < 1.29 is 64.5 Å². The molecule has 20 heteroatoms. The summed E-state index contributed by atoms with van der Waals surface area (Å²) in [5.41, 5.74) is -4.85. The van der Waals surface area contributed by atoms with E-state index in [0.717, 1.165) is 4.90 Å². The van der Waals surface area contributed by atoms with E-state index in [9.17, 15) is 32.3 Å². The fraction of sp³-hybridized carbons (Fsp3) is 0.634. The summed E-state index contributed by atoms with van der Waals surface area (Å²) in [6.07, 6.45) is -4.11. The van der Waals surface area contributed by atoms with Crippen molar-refractivity contribution in [1.82, 2.24) is 24.8 Å². The Bertz CT molecular complexity index is 2180. The Balaban J connectivity index is 1.31. The summed E-state index contributed by atoms with van der Waals surface area (Å²) in [7, 11) is -3.05. The normalized spacial score (nSPS) is 30.7. The third kappa shape index (κ3) is 8.09. The quantitative estimate of drug-likeness (QED) is 0.230. The fourth-order valence-electron chi connectivity index (χ4n) is 9.39. The van der Waals surface area contributed by atoms with Crippen LogP contribution in [0.4, 0.5) is 22.4 Å². The van der Waals surface area contributed by atoms with Gasteiger partial charge in [-0.05, 0) is 56.4 Å². The molecule has 4 amide bonds. The second kappa shape index (κ2) is 16.5. The van der Waals surface area contributed by atoms with Crippen molar-refractivity contribution >= 4 is 44.6 Å². The number of hydrogen-bond acceptors (Lipinski definition) is 10. The first-order valence-corrected chi connectivity index (χ1v) is 22.0. The minimum atomic E-state index is -5.13. The third-order valence-corrected chi connectivity index (χ3v) is 15.3. The third-order valence-electron chi connectivity index (χ3n) is 13.2. The number of halogens is 4. The van der Waals surface area contributed by atoms with Crippen LogP contribution in [-0.4, -0.2) is 126 Å². The number of rotatable bonds is 9. The maximum atomic E-state index is 15.4. The molecule has 0 radical (unpaired) electrons. The number of carbonyl (C=O) groups is 4. The lowest BCUT2D eigenvalue weighted by atomic mass is 9.81. The number of pyridine rings is 1. The molecule has 61 heavy (non-hydrogen) atoms. The van der Waals surface area contributed by atoms with Crippen LogP contribution in [0.5, 0.6) is 11.6 Å². The summed E-state index contributed by atoms with van der Waals surface area (Å²) in [4.78, 5) is 62.9. The van der Waals surface area contributed by atoms with Gasteiger partial charge in [0.25, 0.3) is 5.91 Å². The SMILES string of the molecule is COc1cnc(O[C@@H]2C[C@H]3C(=O)N[C@]4(C(=O)NS(=O)(=O)C5(CF)CC5)C[C@H]4/C=C\CC[C@H](C)C[C@@H](C)[C@H](N(C(=O)O)C4(C(F)(F)F)CCOCC4)C(=O)N3C2)c2ccccc12. The predicted octanol–water partition coefficient (Wildman–Crippen LogP) is 4.89. The van der Waals surface area contributed by atoms with Gasteiger partial charge >= 0.3 is 12.3 Å². The largest absolute Gasteiger partial charge is 0.494 e. The number of nitrogens with zero attached hydrogens (tertiary/aromatic N) is 3. The predicted molar refractivity (Wildman–Crippen MR) is 211 cm³/mol. The van der Waals surface area contributed by atoms with Crippen LogP contribution in [0, 0.1) is 17.8 Å².